The Kier molecular flexibility index (Phi) is 22.8. The first kappa shape index (κ1) is 14.6. The van der Waals surface area contributed by atoms with E-state index >= 15 is 0 Å². The predicted molar refractivity (Wildman–Crippen MR) is 61.2 cm³/mol. The molecule has 0 aromatic carbocycles. The maximum atomic E-state index is 5.19. The average Bonchev–Trinajstić information content (AvgIpc) is 2.06. The Balaban J connectivity index is 0. The van der Waals surface area contributed by atoms with Gasteiger partial charge in [-0.2, -0.15) is 0 Å². The van der Waals surface area contributed by atoms with Gasteiger partial charge in [-0.15, -0.1) is 11.6 Å². The molecule has 0 saturated heterocycles. The summed E-state index contributed by atoms with van der Waals surface area (Å²) in [5.41, 5.74) is 0. The van der Waals surface area contributed by atoms with Crippen molar-refractivity contribution < 1.29 is 12.3 Å². The normalized spacial score (nSPS) is 11.5. The van der Waals surface area contributed by atoms with E-state index in [0.29, 0.717) is 0 Å². The zero-order chi connectivity index (χ0) is 8.95. The highest BCUT2D eigenvalue weighted by Gasteiger charge is 1.80. The van der Waals surface area contributed by atoms with E-state index in [4.69, 9.17) is 23.9 Å². The highest BCUT2D eigenvalue weighted by molar-refractivity contribution is 6.40. The molecule has 0 spiro atoms. The van der Waals surface area contributed by atoms with Crippen molar-refractivity contribution >= 4 is 52.6 Å². The lowest BCUT2D eigenvalue weighted by atomic mass is 10.6. The quantitative estimate of drug-likeness (QED) is 0.300. The van der Waals surface area contributed by atoms with Crippen LogP contribution in [0.1, 0.15) is 13.3 Å². The molecule has 0 fully saturated rings. The minimum absolute atomic E-state index is 0.569. The second-order valence-corrected chi connectivity index (χ2v) is 8.81. The van der Waals surface area contributed by atoms with E-state index in [-0.39, 0.29) is 0 Å². The molecule has 70 valence electrons. The molecule has 11 heavy (non-hydrogen) atoms. The lowest BCUT2D eigenvalue weighted by molar-refractivity contribution is 0.443. The molecule has 3 nitrogen and oxygen atoms in total. The molecule has 0 N–H and O–H groups in total. The summed E-state index contributed by atoms with van der Waals surface area (Å²) >= 11 is 5.19. The molecule has 0 amide bonds. The Hall–Kier alpha value is 1.04. The van der Waals surface area contributed by atoms with E-state index in [1.165, 1.54) is 0 Å². The molecule has 0 aromatic rings. The molecule has 0 atom stereocenters. The molecule has 0 unspecified atom stereocenters. The number of rotatable bonds is 5. The van der Waals surface area contributed by atoms with Crippen LogP contribution >= 0.6 is 11.6 Å². The van der Waals surface area contributed by atoms with Crippen LogP contribution in [0, 0.1) is 0 Å². The standard InChI is InChI=1S/C3H7Cl.H10O3Si4/c1-2-3-4;4-1-6-3-7-2-5/h2-3H2,1H3;6-7H2,4-5H3. The molecule has 0 aliphatic heterocycles. The third-order valence-electron chi connectivity index (χ3n) is 0.591. The van der Waals surface area contributed by atoms with Gasteiger partial charge in [0.1, 0.15) is 21.0 Å². The van der Waals surface area contributed by atoms with Gasteiger partial charge < -0.3 is 12.3 Å². The third-order valence-corrected chi connectivity index (χ3v) is 4.19. The summed E-state index contributed by atoms with van der Waals surface area (Å²) in [6.07, 6.45) is 1.08. The van der Waals surface area contributed by atoms with Crippen LogP contribution in [0.15, 0.2) is 0 Å². The van der Waals surface area contributed by atoms with Crippen molar-refractivity contribution in [3.63, 3.8) is 0 Å². The van der Waals surface area contributed by atoms with Crippen LogP contribution in [-0.4, -0.2) is 46.9 Å². The second kappa shape index (κ2) is 17.2. The molecule has 0 aliphatic rings. The van der Waals surface area contributed by atoms with Crippen LogP contribution in [0.3, 0.4) is 0 Å². The van der Waals surface area contributed by atoms with E-state index in [2.05, 4.69) is 0 Å². The summed E-state index contributed by atoms with van der Waals surface area (Å²) in [5.74, 6) is 0.792. The number of hydrogen-bond donors (Lipinski definition) is 0. The van der Waals surface area contributed by atoms with Crippen LogP contribution in [-0.2, 0) is 12.3 Å². The molecule has 0 heterocycles. The fourth-order valence-electron chi connectivity index (χ4n) is 0.201. The van der Waals surface area contributed by atoms with Gasteiger partial charge in [0, 0.05) is 5.88 Å². The molecular weight excluding hydrogens is 232 g/mol. The minimum atomic E-state index is -0.569. The summed E-state index contributed by atoms with van der Waals surface area (Å²) in [4.78, 5) is 0. The van der Waals surface area contributed by atoms with Gasteiger partial charge in [-0.25, -0.2) is 0 Å². The number of hydrogen-bond acceptors (Lipinski definition) is 3. The van der Waals surface area contributed by atoms with E-state index in [1.807, 2.05) is 6.92 Å². The summed E-state index contributed by atoms with van der Waals surface area (Å²) < 4.78 is 14.8. The van der Waals surface area contributed by atoms with Crippen molar-refractivity contribution in [2.75, 3.05) is 5.88 Å². The molecule has 8 heteroatoms. The van der Waals surface area contributed by atoms with Gasteiger partial charge in [0.2, 0.25) is 0 Å². The lowest BCUT2D eigenvalue weighted by Crippen LogP contribution is -2.08. The number of halogens is 1. The highest BCUT2D eigenvalue weighted by atomic mass is 35.5. The Bertz CT molecular complexity index is 53.8. The molecule has 0 bridgehead atoms. The number of alkyl halides is 1. The highest BCUT2D eigenvalue weighted by Crippen LogP contribution is 1.75. The Morgan fingerprint density at radius 1 is 1.27 bits per heavy atom. The fourth-order valence-corrected chi connectivity index (χ4v) is 4.81. The molecular formula is C3H17ClO3Si4. The Morgan fingerprint density at radius 2 is 1.64 bits per heavy atom. The van der Waals surface area contributed by atoms with Crippen molar-refractivity contribution in [2.45, 2.75) is 13.3 Å². The topological polar surface area (TPSA) is 27.7 Å². The second-order valence-electron chi connectivity index (χ2n) is 1.71. The summed E-state index contributed by atoms with van der Waals surface area (Å²) in [5, 5.41) is 0. The van der Waals surface area contributed by atoms with Crippen molar-refractivity contribution in [3.05, 3.63) is 0 Å². The van der Waals surface area contributed by atoms with Gasteiger partial charge >= 0.3 is 0 Å². The fraction of sp³-hybridized carbons (Fsp3) is 1.00. The predicted octanol–water partition coefficient (Wildman–Crippen LogP) is -2.77. The van der Waals surface area contributed by atoms with Gasteiger partial charge in [0.05, 0.1) is 0 Å². The maximum absolute atomic E-state index is 5.19. The first-order chi connectivity index (χ1) is 5.33. The average molecular weight is 249 g/mol. The first-order valence-corrected chi connectivity index (χ1v) is 7.92. The summed E-state index contributed by atoms with van der Waals surface area (Å²) in [6, 6.07) is 0. The molecule has 0 radical (unpaired) electrons. The lowest BCUT2D eigenvalue weighted by Gasteiger charge is -1.97. The monoisotopic (exact) mass is 248 g/mol. The minimum Gasteiger partial charge on any atom is -0.449 e. The summed E-state index contributed by atoms with van der Waals surface area (Å²) in [7, 11) is 0.504. The smallest absolute Gasteiger partial charge is 0.284 e. The zero-order valence-corrected chi connectivity index (χ0v) is 15.0. The Labute approximate surface area is 84.3 Å². The zero-order valence-electron chi connectivity index (χ0n) is 7.43. The van der Waals surface area contributed by atoms with Crippen molar-refractivity contribution in [1.82, 2.24) is 0 Å². The van der Waals surface area contributed by atoms with Crippen LogP contribution in [0.2, 0.25) is 0 Å². The molecule has 0 aromatic heterocycles. The van der Waals surface area contributed by atoms with E-state index in [0.717, 1.165) is 33.3 Å². The van der Waals surface area contributed by atoms with Crippen LogP contribution < -0.4 is 0 Å². The van der Waals surface area contributed by atoms with Crippen LogP contribution in [0.25, 0.3) is 0 Å². The Morgan fingerprint density at radius 3 is 1.82 bits per heavy atom. The van der Waals surface area contributed by atoms with E-state index < -0.39 is 20.0 Å². The third kappa shape index (κ3) is 24.7. The van der Waals surface area contributed by atoms with Crippen LogP contribution in [0.5, 0.6) is 0 Å². The van der Waals surface area contributed by atoms with Crippen molar-refractivity contribution in [2.24, 2.45) is 0 Å². The van der Waals surface area contributed by atoms with Crippen molar-refractivity contribution in [3.8, 4) is 0 Å². The van der Waals surface area contributed by atoms with Gasteiger partial charge in [-0.3, -0.25) is 0 Å². The van der Waals surface area contributed by atoms with E-state index in [1.54, 1.807) is 0 Å². The van der Waals surface area contributed by atoms with Crippen molar-refractivity contribution in [1.29, 1.82) is 0 Å². The first-order valence-electron chi connectivity index (χ1n) is 3.45. The van der Waals surface area contributed by atoms with Gasteiger partial charge in [0.15, 0.2) is 0 Å². The van der Waals surface area contributed by atoms with Gasteiger partial charge in [-0.05, 0) is 6.42 Å². The molecule has 0 rings (SSSR count). The van der Waals surface area contributed by atoms with E-state index in [9.17, 15) is 0 Å². The summed E-state index contributed by atoms with van der Waals surface area (Å²) in [6.45, 7) is 2.05. The molecule has 0 aliphatic carbocycles. The molecule has 0 saturated carbocycles. The van der Waals surface area contributed by atoms with Gasteiger partial charge in [-0.1, -0.05) is 6.92 Å². The van der Waals surface area contributed by atoms with Gasteiger partial charge in [0.25, 0.3) is 20.0 Å². The van der Waals surface area contributed by atoms with Crippen LogP contribution in [0.4, 0.5) is 0 Å². The largest absolute Gasteiger partial charge is 0.449 e. The SMILES string of the molecule is CCCCl.[SiH3]O[SiH2]O[SiH2]O[SiH3]. The maximum Gasteiger partial charge on any atom is 0.284 e.